The summed E-state index contributed by atoms with van der Waals surface area (Å²) in [5, 5.41) is 11.9. The zero-order chi connectivity index (χ0) is 12.6. The van der Waals surface area contributed by atoms with Gasteiger partial charge in [-0.05, 0) is 25.5 Å². The number of rotatable bonds is 2. The Bertz CT molecular complexity index is 461. The van der Waals surface area contributed by atoms with E-state index in [1.165, 1.54) is 11.8 Å². The molecule has 2 unspecified atom stereocenters. The number of hydrogen-bond acceptors (Lipinski definition) is 4. The standard InChI is InChI=1S/C12H15NO3S/c1-6-4-5-8(16-3)9-10(6)17-11(12(14)15)7(2)13-9/h4-5,7,11,13H,1-3H3,(H,14,15). The Morgan fingerprint density at radius 2 is 2.24 bits per heavy atom. The number of hydrogen-bond donors (Lipinski definition) is 2. The highest BCUT2D eigenvalue weighted by Crippen LogP contribution is 2.44. The van der Waals surface area contributed by atoms with E-state index in [0.717, 1.165) is 21.9 Å². The van der Waals surface area contributed by atoms with Gasteiger partial charge in [0.1, 0.15) is 11.0 Å². The van der Waals surface area contributed by atoms with Crippen LogP contribution in [-0.4, -0.2) is 29.5 Å². The molecular weight excluding hydrogens is 238 g/mol. The number of methoxy groups -OCH3 is 1. The normalized spacial score (nSPS) is 22.5. The minimum Gasteiger partial charge on any atom is -0.495 e. The van der Waals surface area contributed by atoms with Crippen molar-refractivity contribution in [1.82, 2.24) is 0 Å². The summed E-state index contributed by atoms with van der Waals surface area (Å²) < 4.78 is 5.29. The Hall–Kier alpha value is -1.36. The van der Waals surface area contributed by atoms with E-state index in [9.17, 15) is 4.79 Å². The second-order valence-electron chi connectivity index (χ2n) is 4.10. The molecule has 1 aromatic rings. The summed E-state index contributed by atoms with van der Waals surface area (Å²) in [5.41, 5.74) is 1.97. The van der Waals surface area contributed by atoms with Crippen molar-refractivity contribution in [3.8, 4) is 5.75 Å². The molecule has 17 heavy (non-hydrogen) atoms. The van der Waals surface area contributed by atoms with Gasteiger partial charge in [-0.25, -0.2) is 0 Å². The van der Waals surface area contributed by atoms with Crippen LogP contribution >= 0.6 is 11.8 Å². The zero-order valence-corrected chi connectivity index (χ0v) is 10.8. The number of carboxylic acid groups (broad SMARTS) is 1. The van der Waals surface area contributed by atoms with E-state index < -0.39 is 11.2 Å². The number of fused-ring (bicyclic) bond motifs is 1. The summed E-state index contributed by atoms with van der Waals surface area (Å²) >= 11 is 1.39. The molecule has 2 rings (SSSR count). The lowest BCUT2D eigenvalue weighted by Gasteiger charge is -2.31. The highest BCUT2D eigenvalue weighted by atomic mass is 32.2. The lowest BCUT2D eigenvalue weighted by Crippen LogP contribution is -2.37. The van der Waals surface area contributed by atoms with Crippen molar-refractivity contribution in [3.05, 3.63) is 17.7 Å². The Labute approximate surface area is 104 Å². The molecule has 0 aliphatic carbocycles. The molecule has 2 atom stereocenters. The Morgan fingerprint density at radius 1 is 1.53 bits per heavy atom. The highest BCUT2D eigenvalue weighted by Gasteiger charge is 2.33. The predicted molar refractivity (Wildman–Crippen MR) is 68.1 cm³/mol. The molecule has 1 aliphatic heterocycles. The average Bonchev–Trinajstić information content (AvgIpc) is 2.28. The fourth-order valence-electron chi connectivity index (χ4n) is 1.92. The molecule has 2 N–H and O–H groups in total. The first kappa shape index (κ1) is 12.1. The fourth-order valence-corrected chi connectivity index (χ4v) is 3.08. The van der Waals surface area contributed by atoms with Crippen LogP contribution in [0.5, 0.6) is 5.75 Å². The number of benzene rings is 1. The van der Waals surface area contributed by atoms with Crippen molar-refractivity contribution in [2.75, 3.05) is 12.4 Å². The number of carboxylic acids is 1. The predicted octanol–water partition coefficient (Wildman–Crippen LogP) is 2.36. The monoisotopic (exact) mass is 253 g/mol. The number of aryl methyl sites for hydroxylation is 1. The van der Waals surface area contributed by atoms with Crippen LogP contribution in [0.3, 0.4) is 0 Å². The van der Waals surface area contributed by atoms with Gasteiger partial charge in [-0.2, -0.15) is 0 Å². The molecule has 0 radical (unpaired) electrons. The third kappa shape index (κ3) is 2.07. The van der Waals surface area contributed by atoms with Gasteiger partial charge < -0.3 is 15.2 Å². The van der Waals surface area contributed by atoms with Gasteiger partial charge in [-0.3, -0.25) is 4.79 Å². The SMILES string of the molecule is COc1ccc(C)c2c1NC(C)C(C(=O)O)S2. The molecule has 1 heterocycles. The quantitative estimate of drug-likeness (QED) is 0.847. The molecule has 92 valence electrons. The first-order valence-corrected chi connectivity index (χ1v) is 6.26. The van der Waals surface area contributed by atoms with Gasteiger partial charge in [-0.1, -0.05) is 6.07 Å². The van der Waals surface area contributed by atoms with Crippen LogP contribution in [-0.2, 0) is 4.79 Å². The largest absolute Gasteiger partial charge is 0.495 e. The number of carbonyl (C=O) groups is 1. The summed E-state index contributed by atoms with van der Waals surface area (Å²) in [7, 11) is 1.62. The number of anilines is 1. The van der Waals surface area contributed by atoms with Gasteiger partial charge in [0.15, 0.2) is 0 Å². The molecule has 0 saturated heterocycles. The van der Waals surface area contributed by atoms with Crippen molar-refractivity contribution in [3.63, 3.8) is 0 Å². The van der Waals surface area contributed by atoms with Crippen molar-refractivity contribution < 1.29 is 14.6 Å². The third-order valence-corrected chi connectivity index (χ3v) is 4.48. The summed E-state index contributed by atoms with van der Waals surface area (Å²) in [4.78, 5) is 12.1. The molecule has 0 spiro atoms. The lowest BCUT2D eigenvalue weighted by molar-refractivity contribution is -0.136. The minimum absolute atomic E-state index is 0.124. The van der Waals surface area contributed by atoms with Crippen LogP contribution in [0.25, 0.3) is 0 Å². The van der Waals surface area contributed by atoms with E-state index in [1.807, 2.05) is 26.0 Å². The Balaban J connectivity index is 2.47. The first-order valence-electron chi connectivity index (χ1n) is 5.38. The van der Waals surface area contributed by atoms with Crippen LogP contribution in [0.15, 0.2) is 17.0 Å². The molecule has 0 bridgehead atoms. The zero-order valence-electron chi connectivity index (χ0n) is 9.98. The lowest BCUT2D eigenvalue weighted by atomic mass is 10.1. The molecule has 0 fully saturated rings. The Kier molecular flexibility index (Phi) is 3.19. The summed E-state index contributed by atoms with van der Waals surface area (Å²) in [5.74, 6) is -0.0309. The molecule has 0 amide bonds. The van der Waals surface area contributed by atoms with Crippen LogP contribution < -0.4 is 10.1 Å². The summed E-state index contributed by atoms with van der Waals surface area (Å²) in [6.07, 6.45) is 0. The molecule has 1 aromatic carbocycles. The highest BCUT2D eigenvalue weighted by molar-refractivity contribution is 8.01. The minimum atomic E-state index is -0.789. The first-order chi connectivity index (χ1) is 8.04. The van der Waals surface area contributed by atoms with E-state index in [-0.39, 0.29) is 6.04 Å². The Morgan fingerprint density at radius 3 is 2.82 bits per heavy atom. The van der Waals surface area contributed by atoms with Crippen LogP contribution in [0.1, 0.15) is 12.5 Å². The topological polar surface area (TPSA) is 58.6 Å². The molecule has 5 heteroatoms. The van der Waals surface area contributed by atoms with Crippen molar-refractivity contribution in [1.29, 1.82) is 0 Å². The van der Waals surface area contributed by atoms with Gasteiger partial charge in [0.2, 0.25) is 0 Å². The van der Waals surface area contributed by atoms with Gasteiger partial charge in [-0.15, -0.1) is 11.8 Å². The van der Waals surface area contributed by atoms with Gasteiger partial charge >= 0.3 is 5.97 Å². The van der Waals surface area contributed by atoms with Crippen molar-refractivity contribution >= 4 is 23.4 Å². The molecular formula is C12H15NO3S. The molecule has 0 saturated carbocycles. The van der Waals surface area contributed by atoms with E-state index in [4.69, 9.17) is 9.84 Å². The smallest absolute Gasteiger partial charge is 0.319 e. The van der Waals surface area contributed by atoms with Crippen molar-refractivity contribution in [2.45, 2.75) is 30.0 Å². The van der Waals surface area contributed by atoms with Crippen LogP contribution in [0, 0.1) is 6.92 Å². The maximum Gasteiger partial charge on any atom is 0.319 e. The van der Waals surface area contributed by atoms with Gasteiger partial charge in [0.05, 0.1) is 12.8 Å². The number of nitrogens with one attached hydrogen (secondary N) is 1. The van der Waals surface area contributed by atoms with Crippen molar-refractivity contribution in [2.24, 2.45) is 0 Å². The number of thioether (sulfide) groups is 1. The maximum atomic E-state index is 11.1. The number of aliphatic carboxylic acids is 1. The van der Waals surface area contributed by atoms with Crippen LogP contribution in [0.2, 0.25) is 0 Å². The summed E-state index contributed by atoms with van der Waals surface area (Å²) in [6.45, 7) is 3.85. The number of ether oxygens (including phenoxy) is 1. The third-order valence-electron chi connectivity index (χ3n) is 2.85. The second-order valence-corrected chi connectivity index (χ2v) is 5.25. The average molecular weight is 253 g/mol. The van der Waals surface area contributed by atoms with Gasteiger partial charge in [0, 0.05) is 10.9 Å². The van der Waals surface area contributed by atoms with Crippen LogP contribution in [0.4, 0.5) is 5.69 Å². The van der Waals surface area contributed by atoms with Gasteiger partial charge in [0.25, 0.3) is 0 Å². The maximum absolute atomic E-state index is 11.1. The fraction of sp³-hybridized carbons (Fsp3) is 0.417. The van der Waals surface area contributed by atoms with E-state index in [2.05, 4.69) is 5.32 Å². The van der Waals surface area contributed by atoms with E-state index in [1.54, 1.807) is 7.11 Å². The molecule has 4 nitrogen and oxygen atoms in total. The summed E-state index contributed by atoms with van der Waals surface area (Å²) in [6, 6.07) is 3.72. The van der Waals surface area contributed by atoms with E-state index >= 15 is 0 Å². The molecule has 1 aliphatic rings. The van der Waals surface area contributed by atoms with E-state index in [0.29, 0.717) is 0 Å². The second kappa shape index (κ2) is 4.49. The molecule has 0 aromatic heterocycles.